The Bertz CT molecular complexity index is 931. The summed E-state index contributed by atoms with van der Waals surface area (Å²) in [6.45, 7) is 0.598. The lowest BCUT2D eigenvalue weighted by molar-refractivity contribution is -0.384. The zero-order chi connectivity index (χ0) is 20.7. The van der Waals surface area contributed by atoms with Gasteiger partial charge in [-0.3, -0.25) is 24.5 Å². The fourth-order valence-corrected chi connectivity index (χ4v) is 2.15. The molecule has 0 aliphatic rings. The van der Waals surface area contributed by atoms with Crippen LogP contribution in [0.4, 0.5) is 15.8 Å². The van der Waals surface area contributed by atoms with Gasteiger partial charge in [-0.25, -0.2) is 4.39 Å². The number of hydrogen-bond donors (Lipinski definition) is 2. The third-order valence-corrected chi connectivity index (χ3v) is 3.47. The first-order valence-corrected chi connectivity index (χ1v) is 8.00. The summed E-state index contributed by atoms with van der Waals surface area (Å²) in [7, 11) is 0. The van der Waals surface area contributed by atoms with Crippen LogP contribution in [0, 0.1) is 22.9 Å². The van der Waals surface area contributed by atoms with Crippen LogP contribution in [0.5, 0.6) is 0 Å². The molecule has 28 heavy (non-hydrogen) atoms. The van der Waals surface area contributed by atoms with Gasteiger partial charge in [0.1, 0.15) is 12.4 Å². The van der Waals surface area contributed by atoms with Crippen LogP contribution in [-0.4, -0.2) is 35.9 Å². The van der Waals surface area contributed by atoms with Crippen LogP contribution in [0.15, 0.2) is 42.5 Å². The van der Waals surface area contributed by atoms with Gasteiger partial charge in [0.25, 0.3) is 17.5 Å². The van der Waals surface area contributed by atoms with Crippen molar-refractivity contribution in [2.75, 3.05) is 18.5 Å². The van der Waals surface area contributed by atoms with Crippen molar-refractivity contribution < 1.29 is 28.4 Å². The van der Waals surface area contributed by atoms with Gasteiger partial charge in [0, 0.05) is 17.7 Å². The summed E-state index contributed by atoms with van der Waals surface area (Å²) in [6.07, 6.45) is 0. The lowest BCUT2D eigenvalue weighted by Crippen LogP contribution is -2.32. The van der Waals surface area contributed by atoms with Crippen LogP contribution in [0.2, 0.25) is 0 Å². The minimum atomic E-state index is -0.891. The minimum Gasteiger partial charge on any atom is -0.454 e. The van der Waals surface area contributed by atoms with Crippen molar-refractivity contribution >= 4 is 29.2 Å². The smallest absolute Gasteiger partial charge is 0.325 e. The molecule has 0 aliphatic heterocycles. The summed E-state index contributed by atoms with van der Waals surface area (Å²) in [5.41, 5.74) is 0.419. The summed E-state index contributed by atoms with van der Waals surface area (Å²) >= 11 is 0. The number of carbonyl (C=O) groups is 3. The summed E-state index contributed by atoms with van der Waals surface area (Å²) < 4.78 is 18.3. The number of nitro benzene ring substituents is 1. The quantitative estimate of drug-likeness (QED) is 0.423. The molecule has 9 nitrogen and oxygen atoms in total. The second kappa shape index (κ2) is 9.21. The van der Waals surface area contributed by atoms with E-state index in [1.165, 1.54) is 0 Å². The van der Waals surface area contributed by atoms with Gasteiger partial charge in [-0.2, -0.15) is 0 Å². The molecule has 0 radical (unpaired) electrons. The molecule has 146 valence electrons. The Kier molecular flexibility index (Phi) is 6.74. The van der Waals surface area contributed by atoms with Crippen LogP contribution < -0.4 is 10.6 Å². The van der Waals surface area contributed by atoms with Crippen molar-refractivity contribution in [3.05, 3.63) is 69.5 Å². The fourth-order valence-electron chi connectivity index (χ4n) is 2.15. The van der Waals surface area contributed by atoms with E-state index in [0.717, 1.165) is 23.8 Å². The highest BCUT2D eigenvalue weighted by Gasteiger charge is 2.15. The molecule has 2 amide bonds. The topological polar surface area (TPSA) is 128 Å². The largest absolute Gasteiger partial charge is 0.454 e. The normalized spacial score (nSPS) is 10.1. The molecule has 2 rings (SSSR count). The number of ether oxygens (including phenoxy) is 1. The van der Waals surface area contributed by atoms with Crippen molar-refractivity contribution in [3.8, 4) is 0 Å². The summed E-state index contributed by atoms with van der Waals surface area (Å²) in [4.78, 5) is 45.2. The van der Waals surface area contributed by atoms with Crippen LogP contribution >= 0.6 is 0 Å². The van der Waals surface area contributed by atoms with Gasteiger partial charge in [-0.1, -0.05) is 17.7 Å². The maximum absolute atomic E-state index is 13.6. The standard InChI is InChI=1S/C18H16FN3O6/c1-11-3-2-4-12(7-11)18(25)20-9-17(24)28-10-16(23)21-15-8-13(22(26)27)5-6-14(15)19/h2-8H,9-10H2,1H3,(H,20,25)(H,21,23). The van der Waals surface area contributed by atoms with Gasteiger partial charge in [0.15, 0.2) is 6.61 Å². The van der Waals surface area contributed by atoms with E-state index < -0.39 is 53.1 Å². The fraction of sp³-hybridized carbons (Fsp3) is 0.167. The SMILES string of the molecule is Cc1cccc(C(=O)NCC(=O)OCC(=O)Nc2cc([N+](=O)[O-])ccc2F)c1. The molecule has 2 aromatic rings. The van der Waals surface area contributed by atoms with E-state index in [9.17, 15) is 28.9 Å². The number of amides is 2. The van der Waals surface area contributed by atoms with E-state index >= 15 is 0 Å². The maximum Gasteiger partial charge on any atom is 0.325 e. The molecule has 0 saturated heterocycles. The van der Waals surface area contributed by atoms with E-state index in [1.807, 2.05) is 13.0 Å². The Morgan fingerprint density at radius 3 is 2.61 bits per heavy atom. The Hall–Kier alpha value is -3.82. The monoisotopic (exact) mass is 389 g/mol. The summed E-state index contributed by atoms with van der Waals surface area (Å²) in [5.74, 6) is -3.13. The van der Waals surface area contributed by atoms with Gasteiger partial charge < -0.3 is 15.4 Å². The number of esters is 1. The van der Waals surface area contributed by atoms with Gasteiger partial charge in [0.05, 0.1) is 10.6 Å². The lowest BCUT2D eigenvalue weighted by atomic mass is 10.1. The minimum absolute atomic E-state index is 0.367. The molecular weight excluding hydrogens is 373 g/mol. The molecule has 0 saturated carbocycles. The van der Waals surface area contributed by atoms with Crippen molar-refractivity contribution in [1.29, 1.82) is 0 Å². The molecule has 0 unspecified atom stereocenters. The number of nitro groups is 1. The molecule has 2 N–H and O–H groups in total. The predicted molar refractivity (Wildman–Crippen MR) is 96.2 cm³/mol. The molecule has 0 atom stereocenters. The number of rotatable bonds is 7. The Morgan fingerprint density at radius 2 is 1.93 bits per heavy atom. The van der Waals surface area contributed by atoms with Gasteiger partial charge >= 0.3 is 5.97 Å². The lowest BCUT2D eigenvalue weighted by Gasteiger charge is -2.08. The first-order chi connectivity index (χ1) is 13.3. The Morgan fingerprint density at radius 1 is 1.18 bits per heavy atom. The second-order valence-corrected chi connectivity index (χ2v) is 5.68. The second-order valence-electron chi connectivity index (χ2n) is 5.68. The van der Waals surface area contributed by atoms with Crippen LogP contribution in [0.1, 0.15) is 15.9 Å². The third kappa shape index (κ3) is 5.87. The van der Waals surface area contributed by atoms with Gasteiger partial charge in [-0.15, -0.1) is 0 Å². The van der Waals surface area contributed by atoms with Gasteiger partial charge in [0.2, 0.25) is 0 Å². The average molecular weight is 389 g/mol. The average Bonchev–Trinajstić information content (AvgIpc) is 2.66. The highest BCUT2D eigenvalue weighted by molar-refractivity contribution is 5.96. The summed E-state index contributed by atoms with van der Waals surface area (Å²) in [6, 6.07) is 9.35. The number of hydrogen-bond acceptors (Lipinski definition) is 6. The van der Waals surface area contributed by atoms with Crippen molar-refractivity contribution in [1.82, 2.24) is 5.32 Å². The summed E-state index contributed by atoms with van der Waals surface area (Å²) in [5, 5.41) is 15.1. The van der Waals surface area contributed by atoms with Crippen LogP contribution in [-0.2, 0) is 14.3 Å². The molecule has 0 aromatic heterocycles. The molecule has 0 heterocycles. The number of benzene rings is 2. The Labute approximate surface area is 158 Å². The first kappa shape index (κ1) is 20.5. The number of non-ortho nitro benzene ring substituents is 1. The molecular formula is C18H16FN3O6. The van der Waals surface area contributed by atoms with Crippen molar-refractivity contribution in [2.24, 2.45) is 0 Å². The molecule has 0 aliphatic carbocycles. The first-order valence-electron chi connectivity index (χ1n) is 8.00. The third-order valence-electron chi connectivity index (χ3n) is 3.47. The predicted octanol–water partition coefficient (Wildman–Crippen LogP) is 1.95. The van der Waals surface area contributed by atoms with Crippen molar-refractivity contribution in [3.63, 3.8) is 0 Å². The Balaban J connectivity index is 1.81. The zero-order valence-electron chi connectivity index (χ0n) is 14.7. The molecule has 10 heteroatoms. The number of nitrogens with one attached hydrogen (secondary N) is 2. The van der Waals surface area contributed by atoms with E-state index in [1.54, 1.807) is 18.2 Å². The molecule has 0 fully saturated rings. The zero-order valence-corrected chi connectivity index (χ0v) is 14.7. The number of anilines is 1. The van der Waals surface area contributed by atoms with Gasteiger partial charge in [-0.05, 0) is 25.1 Å². The van der Waals surface area contributed by atoms with Crippen molar-refractivity contribution in [2.45, 2.75) is 6.92 Å². The molecule has 0 bridgehead atoms. The number of carbonyl (C=O) groups excluding carboxylic acids is 3. The molecule has 2 aromatic carbocycles. The number of aryl methyl sites for hydroxylation is 1. The number of nitrogens with zero attached hydrogens (tertiary/aromatic N) is 1. The van der Waals surface area contributed by atoms with Crippen LogP contribution in [0.3, 0.4) is 0 Å². The highest BCUT2D eigenvalue weighted by Crippen LogP contribution is 2.21. The molecule has 0 spiro atoms. The van der Waals surface area contributed by atoms with E-state index in [0.29, 0.717) is 5.56 Å². The highest BCUT2D eigenvalue weighted by atomic mass is 19.1. The van der Waals surface area contributed by atoms with E-state index in [2.05, 4.69) is 15.4 Å². The number of halogens is 1. The van der Waals surface area contributed by atoms with E-state index in [4.69, 9.17) is 0 Å². The van der Waals surface area contributed by atoms with Crippen LogP contribution in [0.25, 0.3) is 0 Å². The maximum atomic E-state index is 13.6. The van der Waals surface area contributed by atoms with E-state index in [-0.39, 0.29) is 0 Å².